The van der Waals surface area contributed by atoms with Crippen molar-refractivity contribution in [2.45, 2.75) is 26.3 Å². The van der Waals surface area contributed by atoms with Crippen LogP contribution in [0.2, 0.25) is 0 Å². The Labute approximate surface area is 126 Å². The zero-order valence-electron chi connectivity index (χ0n) is 11.5. The van der Waals surface area contributed by atoms with Gasteiger partial charge in [-0.1, -0.05) is 19.9 Å². The number of carbonyl (C=O) groups is 1. The Morgan fingerprint density at radius 2 is 2.25 bits per heavy atom. The molecule has 1 atom stereocenters. The third kappa shape index (κ3) is 3.88. The lowest BCUT2D eigenvalue weighted by Gasteiger charge is -2.17. The summed E-state index contributed by atoms with van der Waals surface area (Å²) in [5.41, 5.74) is 0.417. The van der Waals surface area contributed by atoms with Crippen LogP contribution < -0.4 is 5.32 Å². The Kier molecular flexibility index (Phi) is 5.28. The number of carbonyl (C=O) groups excluding carboxylic acids is 1. The van der Waals surface area contributed by atoms with Crippen molar-refractivity contribution in [2.75, 3.05) is 6.61 Å². The van der Waals surface area contributed by atoms with Crippen molar-refractivity contribution in [2.24, 2.45) is 5.92 Å². The van der Waals surface area contributed by atoms with Crippen molar-refractivity contribution in [1.29, 1.82) is 0 Å². The molecule has 4 nitrogen and oxygen atoms in total. The number of hydrogen-bond donors (Lipinski definition) is 2. The summed E-state index contributed by atoms with van der Waals surface area (Å²) in [6, 6.07) is 3.74. The molecule has 2 N–H and O–H groups in total. The van der Waals surface area contributed by atoms with Crippen LogP contribution >= 0.6 is 22.7 Å². The SMILES string of the molecule is CC(C)CC(CO)NC(=O)c1csc(-c2cccs2)n1. The second-order valence-electron chi connectivity index (χ2n) is 5.00. The van der Waals surface area contributed by atoms with E-state index in [9.17, 15) is 9.90 Å². The van der Waals surface area contributed by atoms with Crippen LogP contribution in [0.5, 0.6) is 0 Å². The Balaban J connectivity index is 2.02. The van der Waals surface area contributed by atoms with E-state index < -0.39 is 0 Å². The van der Waals surface area contributed by atoms with Gasteiger partial charge in [-0.2, -0.15) is 0 Å². The number of rotatable bonds is 6. The Morgan fingerprint density at radius 3 is 2.85 bits per heavy atom. The number of thiazole rings is 1. The molecule has 0 aromatic carbocycles. The van der Waals surface area contributed by atoms with Gasteiger partial charge < -0.3 is 10.4 Å². The lowest BCUT2D eigenvalue weighted by Crippen LogP contribution is -2.38. The molecule has 6 heteroatoms. The third-order valence-corrected chi connectivity index (χ3v) is 4.66. The van der Waals surface area contributed by atoms with Crippen LogP contribution in [-0.2, 0) is 0 Å². The number of hydrogen-bond acceptors (Lipinski definition) is 5. The molecule has 2 heterocycles. The Bertz CT molecular complexity index is 549. The highest BCUT2D eigenvalue weighted by molar-refractivity contribution is 7.20. The predicted octanol–water partition coefficient (Wildman–Crippen LogP) is 3.01. The molecular weight excluding hydrogens is 292 g/mol. The Hall–Kier alpha value is -1.24. The Morgan fingerprint density at radius 1 is 1.45 bits per heavy atom. The molecule has 2 aromatic heterocycles. The third-order valence-electron chi connectivity index (χ3n) is 2.78. The van der Waals surface area contributed by atoms with Gasteiger partial charge in [0.25, 0.3) is 5.91 Å². The van der Waals surface area contributed by atoms with Crippen LogP contribution in [0.3, 0.4) is 0 Å². The molecule has 0 spiro atoms. The van der Waals surface area contributed by atoms with Gasteiger partial charge in [0.1, 0.15) is 10.7 Å². The maximum atomic E-state index is 12.1. The zero-order chi connectivity index (χ0) is 14.5. The van der Waals surface area contributed by atoms with Crippen LogP contribution in [0.15, 0.2) is 22.9 Å². The van der Waals surface area contributed by atoms with Gasteiger partial charge in [-0.15, -0.1) is 22.7 Å². The molecule has 0 aliphatic carbocycles. The molecule has 0 saturated carbocycles. The molecular formula is C14H18N2O2S2. The molecule has 0 aliphatic rings. The van der Waals surface area contributed by atoms with Crippen molar-refractivity contribution in [3.8, 4) is 9.88 Å². The van der Waals surface area contributed by atoms with Crippen molar-refractivity contribution in [1.82, 2.24) is 10.3 Å². The second-order valence-corrected chi connectivity index (χ2v) is 6.80. The number of amides is 1. The van der Waals surface area contributed by atoms with E-state index in [0.29, 0.717) is 11.6 Å². The van der Waals surface area contributed by atoms with E-state index in [4.69, 9.17) is 0 Å². The number of aliphatic hydroxyl groups excluding tert-OH is 1. The second kappa shape index (κ2) is 6.97. The summed E-state index contributed by atoms with van der Waals surface area (Å²) in [7, 11) is 0. The van der Waals surface area contributed by atoms with Crippen molar-refractivity contribution < 1.29 is 9.90 Å². The van der Waals surface area contributed by atoms with Crippen LogP contribution in [0.1, 0.15) is 30.8 Å². The van der Waals surface area contributed by atoms with Crippen LogP contribution in [-0.4, -0.2) is 28.6 Å². The largest absolute Gasteiger partial charge is 0.394 e. The molecule has 0 bridgehead atoms. The molecule has 108 valence electrons. The molecule has 0 radical (unpaired) electrons. The molecule has 20 heavy (non-hydrogen) atoms. The summed E-state index contributed by atoms with van der Waals surface area (Å²) in [5, 5.41) is 16.7. The number of aromatic nitrogens is 1. The molecule has 0 fully saturated rings. The first-order valence-corrected chi connectivity index (χ1v) is 8.27. The van der Waals surface area contributed by atoms with E-state index in [1.807, 2.05) is 17.5 Å². The van der Waals surface area contributed by atoms with E-state index >= 15 is 0 Å². The van der Waals surface area contributed by atoms with E-state index in [1.54, 1.807) is 16.7 Å². The lowest BCUT2D eigenvalue weighted by atomic mass is 10.0. The van der Waals surface area contributed by atoms with Gasteiger partial charge in [-0.3, -0.25) is 4.79 Å². The summed E-state index contributed by atoms with van der Waals surface area (Å²) in [4.78, 5) is 17.5. The first-order valence-electron chi connectivity index (χ1n) is 6.51. The maximum absolute atomic E-state index is 12.1. The summed E-state index contributed by atoms with van der Waals surface area (Å²) >= 11 is 3.06. The van der Waals surface area contributed by atoms with Gasteiger partial charge >= 0.3 is 0 Å². The lowest BCUT2D eigenvalue weighted by molar-refractivity contribution is 0.0904. The summed E-state index contributed by atoms with van der Waals surface area (Å²) in [5.74, 6) is 0.202. The summed E-state index contributed by atoms with van der Waals surface area (Å²) in [6.07, 6.45) is 0.754. The maximum Gasteiger partial charge on any atom is 0.271 e. The van der Waals surface area contributed by atoms with Gasteiger partial charge in [-0.25, -0.2) is 4.98 Å². The number of aliphatic hydroxyl groups is 1. The molecule has 1 amide bonds. The van der Waals surface area contributed by atoms with E-state index in [-0.39, 0.29) is 18.6 Å². The molecule has 0 saturated heterocycles. The first kappa shape index (κ1) is 15.2. The molecule has 2 aromatic rings. The highest BCUT2D eigenvalue weighted by atomic mass is 32.1. The standard InChI is InChI=1S/C14H18N2O2S2/c1-9(2)6-10(7-17)15-13(18)11-8-20-14(16-11)12-4-3-5-19-12/h3-5,8-10,17H,6-7H2,1-2H3,(H,15,18). The highest BCUT2D eigenvalue weighted by Gasteiger charge is 2.17. The zero-order valence-corrected chi connectivity index (χ0v) is 13.1. The van der Waals surface area contributed by atoms with Crippen molar-refractivity contribution in [3.63, 3.8) is 0 Å². The van der Waals surface area contributed by atoms with Gasteiger partial charge in [0.15, 0.2) is 0 Å². The minimum Gasteiger partial charge on any atom is -0.394 e. The average molecular weight is 310 g/mol. The predicted molar refractivity (Wildman–Crippen MR) is 83.2 cm³/mol. The average Bonchev–Trinajstić information content (AvgIpc) is 3.07. The number of nitrogens with zero attached hydrogens (tertiary/aromatic N) is 1. The minimum absolute atomic E-state index is 0.0498. The smallest absolute Gasteiger partial charge is 0.271 e. The molecule has 2 rings (SSSR count). The normalized spacial score (nSPS) is 12.6. The topological polar surface area (TPSA) is 62.2 Å². The summed E-state index contributed by atoms with van der Waals surface area (Å²) < 4.78 is 0. The van der Waals surface area contributed by atoms with Gasteiger partial charge in [-0.05, 0) is 23.8 Å². The molecule has 0 aliphatic heterocycles. The minimum atomic E-state index is -0.219. The fraction of sp³-hybridized carbons (Fsp3) is 0.429. The van der Waals surface area contributed by atoms with E-state index in [2.05, 4.69) is 24.1 Å². The van der Waals surface area contributed by atoms with E-state index in [1.165, 1.54) is 11.3 Å². The highest BCUT2D eigenvalue weighted by Crippen LogP contribution is 2.27. The first-order chi connectivity index (χ1) is 9.60. The summed E-state index contributed by atoms with van der Waals surface area (Å²) in [6.45, 7) is 4.07. The van der Waals surface area contributed by atoms with Crippen LogP contribution in [0.4, 0.5) is 0 Å². The number of nitrogens with one attached hydrogen (secondary N) is 1. The van der Waals surface area contributed by atoms with E-state index in [0.717, 1.165) is 16.3 Å². The van der Waals surface area contributed by atoms with Crippen LogP contribution in [0, 0.1) is 5.92 Å². The van der Waals surface area contributed by atoms with Gasteiger partial charge in [0, 0.05) is 5.38 Å². The van der Waals surface area contributed by atoms with Crippen LogP contribution in [0.25, 0.3) is 9.88 Å². The fourth-order valence-corrected chi connectivity index (χ4v) is 3.51. The van der Waals surface area contributed by atoms with Crippen molar-refractivity contribution in [3.05, 3.63) is 28.6 Å². The van der Waals surface area contributed by atoms with Gasteiger partial charge in [0.05, 0.1) is 17.5 Å². The van der Waals surface area contributed by atoms with Crippen molar-refractivity contribution >= 4 is 28.6 Å². The molecule has 1 unspecified atom stereocenters. The monoisotopic (exact) mass is 310 g/mol. The quantitative estimate of drug-likeness (QED) is 0.862. The fourth-order valence-electron chi connectivity index (χ4n) is 1.90. The van der Waals surface area contributed by atoms with Gasteiger partial charge in [0.2, 0.25) is 0 Å². The number of thiophene rings is 1.